The van der Waals surface area contributed by atoms with Crippen LogP contribution < -0.4 is 10.1 Å². The summed E-state index contributed by atoms with van der Waals surface area (Å²) < 4.78 is 5.47. The third-order valence-electron chi connectivity index (χ3n) is 4.73. The molecule has 0 bridgehead atoms. The van der Waals surface area contributed by atoms with E-state index in [-0.39, 0.29) is 18.1 Å². The molecule has 0 spiro atoms. The van der Waals surface area contributed by atoms with Crippen LogP contribution in [0, 0.1) is 0 Å². The molecule has 2 saturated heterocycles. The molecule has 1 aromatic rings. The molecule has 3 rings (SSSR count). The van der Waals surface area contributed by atoms with Gasteiger partial charge in [-0.1, -0.05) is 12.1 Å². The minimum Gasteiger partial charge on any atom is -0.494 e. The van der Waals surface area contributed by atoms with Gasteiger partial charge in [-0.15, -0.1) is 0 Å². The van der Waals surface area contributed by atoms with Crippen molar-refractivity contribution < 1.29 is 14.6 Å². The first kappa shape index (κ1) is 17.2. The highest BCUT2D eigenvalue weighted by atomic mass is 16.5. The number of piperazine rings is 1. The Bertz CT molecular complexity index is 541. The van der Waals surface area contributed by atoms with Gasteiger partial charge in [-0.2, -0.15) is 0 Å². The van der Waals surface area contributed by atoms with Crippen LogP contribution in [-0.4, -0.2) is 72.3 Å². The first-order valence-electron chi connectivity index (χ1n) is 8.80. The van der Waals surface area contributed by atoms with Gasteiger partial charge in [0, 0.05) is 39.3 Å². The third-order valence-corrected chi connectivity index (χ3v) is 4.73. The second-order valence-electron chi connectivity index (χ2n) is 6.53. The third kappa shape index (κ3) is 4.26. The van der Waals surface area contributed by atoms with E-state index < -0.39 is 0 Å². The summed E-state index contributed by atoms with van der Waals surface area (Å²) >= 11 is 0. The van der Waals surface area contributed by atoms with Gasteiger partial charge in [0.05, 0.1) is 18.8 Å². The van der Waals surface area contributed by atoms with Crippen LogP contribution in [0.15, 0.2) is 24.3 Å². The summed E-state index contributed by atoms with van der Waals surface area (Å²) in [4.78, 5) is 16.7. The lowest BCUT2D eigenvalue weighted by Gasteiger charge is -2.36. The van der Waals surface area contributed by atoms with E-state index in [1.807, 2.05) is 24.0 Å². The van der Waals surface area contributed by atoms with Crippen molar-refractivity contribution in [2.45, 2.75) is 32.0 Å². The van der Waals surface area contributed by atoms with Gasteiger partial charge in [-0.25, -0.2) is 0 Å². The maximum absolute atomic E-state index is 12.4. The van der Waals surface area contributed by atoms with E-state index in [1.54, 1.807) is 0 Å². The zero-order valence-electron chi connectivity index (χ0n) is 14.3. The minimum absolute atomic E-state index is 0.132. The van der Waals surface area contributed by atoms with Crippen LogP contribution >= 0.6 is 0 Å². The molecule has 132 valence electrons. The Morgan fingerprint density at radius 2 is 1.96 bits per heavy atom. The van der Waals surface area contributed by atoms with E-state index in [1.165, 1.54) is 5.56 Å². The molecule has 6 nitrogen and oxygen atoms in total. The standard InChI is InChI=1S/C18H27N3O3/c1-2-24-16-5-3-14(4-6-16)13-20-7-9-21(10-8-20)18(23)17-11-15(22)12-19-17/h3-6,15,17,19,22H,2,7-13H2,1H3/t15-,17-/m0/s1. The largest absolute Gasteiger partial charge is 0.494 e. The summed E-state index contributed by atoms with van der Waals surface area (Å²) in [6.45, 7) is 7.36. The quantitative estimate of drug-likeness (QED) is 0.819. The molecule has 0 aliphatic carbocycles. The molecule has 6 heteroatoms. The molecule has 1 aromatic carbocycles. The zero-order valence-corrected chi connectivity index (χ0v) is 14.3. The number of carbonyl (C=O) groups is 1. The van der Waals surface area contributed by atoms with Gasteiger partial charge >= 0.3 is 0 Å². The number of β-amino-alcohol motifs (C(OH)–C–C–N with tert-alkyl or cyclic N) is 1. The van der Waals surface area contributed by atoms with E-state index in [4.69, 9.17) is 4.74 Å². The Morgan fingerprint density at radius 3 is 2.54 bits per heavy atom. The lowest BCUT2D eigenvalue weighted by Crippen LogP contribution is -2.52. The normalized spacial score (nSPS) is 25.0. The van der Waals surface area contributed by atoms with E-state index in [0.29, 0.717) is 19.6 Å². The molecular weight excluding hydrogens is 306 g/mol. The number of aliphatic hydroxyl groups excluding tert-OH is 1. The molecule has 2 atom stereocenters. The molecule has 2 N–H and O–H groups in total. The number of nitrogens with zero attached hydrogens (tertiary/aromatic N) is 2. The van der Waals surface area contributed by atoms with E-state index >= 15 is 0 Å². The van der Waals surface area contributed by atoms with Crippen LogP contribution in [0.1, 0.15) is 18.9 Å². The average molecular weight is 333 g/mol. The number of ether oxygens (including phenoxy) is 1. The van der Waals surface area contributed by atoms with Crippen LogP contribution in [0.3, 0.4) is 0 Å². The summed E-state index contributed by atoms with van der Waals surface area (Å²) in [7, 11) is 0. The van der Waals surface area contributed by atoms with Crippen molar-refractivity contribution in [2.24, 2.45) is 0 Å². The average Bonchev–Trinajstić information content (AvgIpc) is 3.03. The summed E-state index contributed by atoms with van der Waals surface area (Å²) in [5, 5.41) is 12.7. The topological polar surface area (TPSA) is 65.0 Å². The van der Waals surface area contributed by atoms with Crippen LogP contribution in [0.25, 0.3) is 0 Å². The minimum atomic E-state index is -0.389. The van der Waals surface area contributed by atoms with Crippen LogP contribution in [-0.2, 0) is 11.3 Å². The van der Waals surface area contributed by atoms with E-state index in [0.717, 1.165) is 38.5 Å². The van der Waals surface area contributed by atoms with Crippen molar-refractivity contribution >= 4 is 5.91 Å². The van der Waals surface area contributed by atoms with Crippen LogP contribution in [0.5, 0.6) is 5.75 Å². The number of aliphatic hydroxyl groups is 1. The lowest BCUT2D eigenvalue weighted by atomic mass is 10.1. The molecular formula is C18H27N3O3. The summed E-state index contributed by atoms with van der Waals surface area (Å²) in [6.07, 6.45) is 0.144. The number of rotatable bonds is 5. The molecule has 0 radical (unpaired) electrons. The number of hydrogen-bond donors (Lipinski definition) is 2. The predicted molar refractivity (Wildman–Crippen MR) is 91.9 cm³/mol. The Labute approximate surface area is 143 Å². The molecule has 0 aromatic heterocycles. The highest BCUT2D eigenvalue weighted by Crippen LogP contribution is 2.16. The van der Waals surface area contributed by atoms with Crippen LogP contribution in [0.2, 0.25) is 0 Å². The Kier molecular flexibility index (Phi) is 5.71. The molecule has 0 unspecified atom stereocenters. The predicted octanol–water partition coefficient (Wildman–Crippen LogP) is 0.452. The monoisotopic (exact) mass is 333 g/mol. The van der Waals surface area contributed by atoms with Crippen molar-refractivity contribution in [3.63, 3.8) is 0 Å². The van der Waals surface area contributed by atoms with Crippen molar-refractivity contribution in [3.05, 3.63) is 29.8 Å². The molecule has 0 saturated carbocycles. The van der Waals surface area contributed by atoms with E-state index in [2.05, 4.69) is 22.3 Å². The highest BCUT2D eigenvalue weighted by molar-refractivity contribution is 5.82. The number of amides is 1. The first-order valence-corrected chi connectivity index (χ1v) is 8.80. The lowest BCUT2D eigenvalue weighted by molar-refractivity contribution is -0.135. The van der Waals surface area contributed by atoms with Crippen LogP contribution in [0.4, 0.5) is 0 Å². The van der Waals surface area contributed by atoms with Gasteiger partial charge in [-0.3, -0.25) is 9.69 Å². The SMILES string of the molecule is CCOc1ccc(CN2CCN(C(=O)[C@@H]3C[C@H](O)CN3)CC2)cc1. The number of hydrogen-bond acceptors (Lipinski definition) is 5. The Hall–Kier alpha value is -1.63. The number of carbonyl (C=O) groups excluding carboxylic acids is 1. The summed E-state index contributed by atoms with van der Waals surface area (Å²) in [6, 6.07) is 8.02. The molecule has 2 aliphatic heterocycles. The highest BCUT2D eigenvalue weighted by Gasteiger charge is 2.32. The molecule has 1 amide bonds. The number of nitrogens with one attached hydrogen (secondary N) is 1. The second kappa shape index (κ2) is 7.96. The number of benzene rings is 1. The van der Waals surface area contributed by atoms with Crippen molar-refractivity contribution in [1.82, 2.24) is 15.1 Å². The van der Waals surface area contributed by atoms with E-state index in [9.17, 15) is 9.90 Å². The maximum atomic E-state index is 12.4. The molecule has 2 aliphatic rings. The molecule has 24 heavy (non-hydrogen) atoms. The fourth-order valence-electron chi connectivity index (χ4n) is 3.37. The fourth-order valence-corrected chi connectivity index (χ4v) is 3.37. The van der Waals surface area contributed by atoms with Gasteiger partial charge in [0.25, 0.3) is 0 Å². The van der Waals surface area contributed by atoms with Crippen molar-refractivity contribution in [2.75, 3.05) is 39.3 Å². The zero-order chi connectivity index (χ0) is 16.9. The Morgan fingerprint density at radius 1 is 1.25 bits per heavy atom. The smallest absolute Gasteiger partial charge is 0.239 e. The van der Waals surface area contributed by atoms with Gasteiger partial charge in [0.15, 0.2) is 0 Å². The second-order valence-corrected chi connectivity index (χ2v) is 6.53. The summed E-state index contributed by atoms with van der Waals surface area (Å²) in [5.41, 5.74) is 1.26. The van der Waals surface area contributed by atoms with Gasteiger partial charge in [-0.05, 0) is 31.0 Å². The van der Waals surface area contributed by atoms with Gasteiger partial charge < -0.3 is 20.1 Å². The molecule has 2 heterocycles. The van der Waals surface area contributed by atoms with Crippen molar-refractivity contribution in [3.8, 4) is 5.75 Å². The summed E-state index contributed by atoms with van der Waals surface area (Å²) in [5.74, 6) is 1.04. The van der Waals surface area contributed by atoms with Gasteiger partial charge in [0.2, 0.25) is 5.91 Å². The molecule has 2 fully saturated rings. The van der Waals surface area contributed by atoms with Gasteiger partial charge in [0.1, 0.15) is 5.75 Å². The maximum Gasteiger partial charge on any atom is 0.239 e. The first-order chi connectivity index (χ1) is 11.7. The van der Waals surface area contributed by atoms with Crippen molar-refractivity contribution in [1.29, 1.82) is 0 Å². The Balaban J connectivity index is 1.45. The fraction of sp³-hybridized carbons (Fsp3) is 0.611.